The Bertz CT molecular complexity index is 1070. The fourth-order valence-corrected chi connectivity index (χ4v) is 4.22. The lowest BCUT2D eigenvalue weighted by molar-refractivity contribution is 0.297. The average Bonchev–Trinajstić information content (AvgIpc) is 3.06. The summed E-state index contributed by atoms with van der Waals surface area (Å²) in [7, 11) is 0. The lowest BCUT2D eigenvalue weighted by Crippen LogP contribution is -2.11. The van der Waals surface area contributed by atoms with Gasteiger partial charge in [0.15, 0.2) is 0 Å². The van der Waals surface area contributed by atoms with Gasteiger partial charge in [0.2, 0.25) is 0 Å². The molecule has 0 unspecified atom stereocenters. The van der Waals surface area contributed by atoms with Crippen LogP contribution in [0.25, 0.3) is 11.0 Å². The lowest BCUT2D eigenvalue weighted by atomic mass is 10.1. The summed E-state index contributed by atoms with van der Waals surface area (Å²) in [5.41, 5.74) is 4.63. The van der Waals surface area contributed by atoms with Crippen molar-refractivity contribution in [1.82, 2.24) is 9.55 Å². The van der Waals surface area contributed by atoms with Crippen molar-refractivity contribution in [1.29, 1.82) is 0 Å². The van der Waals surface area contributed by atoms with E-state index in [4.69, 9.17) is 9.72 Å². The van der Waals surface area contributed by atoms with Crippen LogP contribution in [-0.2, 0) is 12.3 Å². The molecular weight excluding hydrogens is 364 g/mol. The Morgan fingerprint density at radius 1 is 0.929 bits per heavy atom. The Kier molecular flexibility index (Phi) is 5.68. The van der Waals surface area contributed by atoms with Crippen molar-refractivity contribution in [2.24, 2.45) is 0 Å². The predicted molar refractivity (Wildman–Crippen MR) is 117 cm³/mol. The van der Waals surface area contributed by atoms with Crippen LogP contribution >= 0.6 is 11.8 Å². The number of nitrogens with zero attached hydrogens (tertiary/aromatic N) is 2. The Hall–Kier alpha value is -2.72. The van der Waals surface area contributed by atoms with E-state index in [1.54, 1.807) is 0 Å². The van der Waals surface area contributed by atoms with Crippen LogP contribution < -0.4 is 4.74 Å². The van der Waals surface area contributed by atoms with Crippen molar-refractivity contribution in [3.05, 3.63) is 89.7 Å². The van der Waals surface area contributed by atoms with E-state index in [1.165, 1.54) is 16.0 Å². The van der Waals surface area contributed by atoms with Crippen LogP contribution in [0.4, 0.5) is 0 Å². The molecule has 0 amide bonds. The Morgan fingerprint density at radius 2 is 1.71 bits per heavy atom. The highest BCUT2D eigenvalue weighted by atomic mass is 32.2. The summed E-state index contributed by atoms with van der Waals surface area (Å²) >= 11 is 1.81. The normalized spacial score (nSPS) is 11.1. The first kappa shape index (κ1) is 18.6. The van der Waals surface area contributed by atoms with E-state index >= 15 is 0 Å². The summed E-state index contributed by atoms with van der Waals surface area (Å²) in [6, 6.07) is 25.1. The number of aryl methyl sites for hydroxylation is 2. The second kappa shape index (κ2) is 8.53. The van der Waals surface area contributed by atoms with E-state index in [0.29, 0.717) is 6.61 Å². The molecular formula is C24H24N2OS. The van der Waals surface area contributed by atoms with Gasteiger partial charge in [0.05, 0.1) is 23.3 Å². The molecule has 0 saturated carbocycles. The van der Waals surface area contributed by atoms with Gasteiger partial charge in [-0.3, -0.25) is 0 Å². The molecule has 0 spiro atoms. The number of fused-ring (bicyclic) bond motifs is 1. The van der Waals surface area contributed by atoms with Gasteiger partial charge in [-0.1, -0.05) is 48.0 Å². The van der Waals surface area contributed by atoms with E-state index in [1.807, 2.05) is 23.9 Å². The number of para-hydroxylation sites is 2. The molecule has 0 aliphatic heterocycles. The zero-order valence-corrected chi connectivity index (χ0v) is 17.1. The molecule has 142 valence electrons. The molecule has 4 heteroatoms. The molecule has 28 heavy (non-hydrogen) atoms. The molecule has 0 saturated heterocycles. The zero-order chi connectivity index (χ0) is 19.3. The van der Waals surface area contributed by atoms with Gasteiger partial charge in [-0.2, -0.15) is 0 Å². The third-order valence-corrected chi connectivity index (χ3v) is 5.76. The number of thioether (sulfide) groups is 1. The Morgan fingerprint density at radius 3 is 2.54 bits per heavy atom. The van der Waals surface area contributed by atoms with E-state index in [2.05, 4.69) is 79.1 Å². The van der Waals surface area contributed by atoms with Crippen molar-refractivity contribution < 1.29 is 4.74 Å². The minimum absolute atomic E-state index is 0.618. The topological polar surface area (TPSA) is 27.1 Å². The van der Waals surface area contributed by atoms with Crippen LogP contribution in [0.5, 0.6) is 5.75 Å². The average molecular weight is 389 g/mol. The number of benzene rings is 3. The maximum absolute atomic E-state index is 6.08. The SMILES string of the molecule is Cc1ccc(OCCn2c(CSc3ccccc3)nc3ccccc32)c(C)c1. The van der Waals surface area contributed by atoms with Crippen LogP contribution in [0.3, 0.4) is 0 Å². The van der Waals surface area contributed by atoms with Crippen molar-refractivity contribution in [2.75, 3.05) is 6.61 Å². The minimum atomic E-state index is 0.618. The summed E-state index contributed by atoms with van der Waals surface area (Å²) in [6.45, 7) is 5.59. The van der Waals surface area contributed by atoms with Crippen LogP contribution in [0.2, 0.25) is 0 Å². The Labute approximate surface area is 170 Å². The maximum atomic E-state index is 6.08. The van der Waals surface area contributed by atoms with Crippen LogP contribution in [0.15, 0.2) is 77.7 Å². The third kappa shape index (κ3) is 4.23. The number of imidazole rings is 1. The smallest absolute Gasteiger partial charge is 0.122 e. The van der Waals surface area contributed by atoms with Gasteiger partial charge in [0.25, 0.3) is 0 Å². The van der Waals surface area contributed by atoms with Gasteiger partial charge in [0, 0.05) is 4.90 Å². The highest BCUT2D eigenvalue weighted by molar-refractivity contribution is 7.98. The van der Waals surface area contributed by atoms with E-state index in [9.17, 15) is 0 Å². The second-order valence-electron chi connectivity index (χ2n) is 6.89. The Balaban J connectivity index is 1.51. The van der Waals surface area contributed by atoms with Crippen molar-refractivity contribution in [2.45, 2.75) is 31.0 Å². The van der Waals surface area contributed by atoms with Crippen molar-refractivity contribution in [3.63, 3.8) is 0 Å². The fraction of sp³-hybridized carbons (Fsp3) is 0.208. The molecule has 0 radical (unpaired) electrons. The number of rotatable bonds is 7. The summed E-state index contributed by atoms with van der Waals surface area (Å²) in [6.07, 6.45) is 0. The molecule has 0 atom stereocenters. The quantitative estimate of drug-likeness (QED) is 0.362. The van der Waals surface area contributed by atoms with Gasteiger partial charge in [-0.15, -0.1) is 11.8 Å². The molecule has 1 aromatic heterocycles. The molecule has 0 fully saturated rings. The largest absolute Gasteiger partial charge is 0.491 e. The van der Waals surface area contributed by atoms with Crippen LogP contribution in [0, 0.1) is 13.8 Å². The first-order chi connectivity index (χ1) is 13.7. The molecule has 0 bridgehead atoms. The molecule has 0 aliphatic rings. The highest BCUT2D eigenvalue weighted by Crippen LogP contribution is 2.25. The third-order valence-electron chi connectivity index (χ3n) is 4.75. The number of aromatic nitrogens is 2. The summed E-state index contributed by atoms with van der Waals surface area (Å²) in [5, 5.41) is 0. The van der Waals surface area contributed by atoms with E-state index in [-0.39, 0.29) is 0 Å². The monoisotopic (exact) mass is 388 g/mol. The van der Waals surface area contributed by atoms with Crippen LogP contribution in [-0.4, -0.2) is 16.2 Å². The summed E-state index contributed by atoms with van der Waals surface area (Å²) < 4.78 is 8.36. The van der Waals surface area contributed by atoms with Gasteiger partial charge in [0.1, 0.15) is 18.2 Å². The second-order valence-corrected chi connectivity index (χ2v) is 7.94. The van der Waals surface area contributed by atoms with Crippen LogP contribution in [0.1, 0.15) is 17.0 Å². The first-order valence-corrected chi connectivity index (χ1v) is 10.5. The standard InChI is InChI=1S/C24H24N2OS/c1-18-12-13-23(19(2)16-18)27-15-14-26-22-11-7-6-10-21(22)25-24(26)17-28-20-8-4-3-5-9-20/h3-13,16H,14-15,17H2,1-2H3. The number of hydrogen-bond donors (Lipinski definition) is 0. The van der Waals surface area contributed by atoms with Crippen molar-refractivity contribution >= 4 is 22.8 Å². The first-order valence-electron chi connectivity index (χ1n) is 9.53. The van der Waals surface area contributed by atoms with Gasteiger partial charge in [-0.25, -0.2) is 4.98 Å². The fourth-order valence-electron chi connectivity index (χ4n) is 3.36. The van der Waals surface area contributed by atoms with Gasteiger partial charge in [-0.05, 0) is 49.7 Å². The van der Waals surface area contributed by atoms with Gasteiger partial charge < -0.3 is 9.30 Å². The van der Waals surface area contributed by atoms with Gasteiger partial charge >= 0.3 is 0 Å². The van der Waals surface area contributed by atoms with E-state index in [0.717, 1.165) is 34.9 Å². The predicted octanol–water partition coefficient (Wildman–Crippen LogP) is 6.02. The molecule has 3 aromatic carbocycles. The maximum Gasteiger partial charge on any atom is 0.122 e. The molecule has 0 aliphatic carbocycles. The summed E-state index contributed by atoms with van der Waals surface area (Å²) in [4.78, 5) is 6.13. The highest BCUT2D eigenvalue weighted by Gasteiger charge is 2.11. The zero-order valence-electron chi connectivity index (χ0n) is 16.3. The van der Waals surface area contributed by atoms with Crippen molar-refractivity contribution in [3.8, 4) is 5.75 Å². The molecule has 3 nitrogen and oxygen atoms in total. The molecule has 4 aromatic rings. The number of ether oxygens (including phenoxy) is 1. The molecule has 0 N–H and O–H groups in total. The minimum Gasteiger partial charge on any atom is -0.491 e. The number of hydrogen-bond acceptors (Lipinski definition) is 3. The molecule has 1 heterocycles. The summed E-state index contributed by atoms with van der Waals surface area (Å²) in [5.74, 6) is 2.87. The van der Waals surface area contributed by atoms with E-state index < -0.39 is 0 Å². The lowest BCUT2D eigenvalue weighted by Gasteiger charge is -2.12. The molecule has 4 rings (SSSR count).